The molecule has 102 valence electrons. The Hall–Kier alpha value is -0.160. The monoisotopic (exact) mass is 332 g/mol. The number of imidazole rings is 1. The number of rotatable bonds is 3. The second-order valence-corrected chi connectivity index (χ2v) is 7.52. The van der Waals surface area contributed by atoms with Crippen LogP contribution in [0.2, 0.25) is 10.0 Å². The predicted octanol–water partition coefficient (Wildman–Crippen LogP) is 5.29. The van der Waals surface area contributed by atoms with Gasteiger partial charge in [0.25, 0.3) is 0 Å². The molecule has 0 atom stereocenters. The summed E-state index contributed by atoms with van der Waals surface area (Å²) in [5.41, 5.74) is 2.00. The van der Waals surface area contributed by atoms with Gasteiger partial charge in [0, 0.05) is 11.3 Å². The van der Waals surface area contributed by atoms with E-state index in [9.17, 15) is 0 Å². The molecule has 0 radical (unpaired) electrons. The highest BCUT2D eigenvalue weighted by molar-refractivity contribution is 8.00. The summed E-state index contributed by atoms with van der Waals surface area (Å²) in [6.45, 7) is 0.935. The van der Waals surface area contributed by atoms with Gasteiger partial charge in [-0.2, -0.15) is 11.8 Å². The molecule has 1 N–H and O–H groups in total. The van der Waals surface area contributed by atoms with Gasteiger partial charge in [0.1, 0.15) is 0 Å². The second-order valence-electron chi connectivity index (χ2n) is 5.04. The fourth-order valence-electron chi connectivity index (χ4n) is 2.59. The predicted molar refractivity (Wildman–Crippen MR) is 87.2 cm³/mol. The van der Waals surface area contributed by atoms with Crippen LogP contribution < -0.4 is 0 Å². The molecule has 2 aromatic rings. The lowest BCUT2D eigenvalue weighted by molar-refractivity contribution is 0.323. The van der Waals surface area contributed by atoms with Crippen LogP contribution in [0.5, 0.6) is 0 Å². The molecule has 0 aliphatic heterocycles. The third-order valence-electron chi connectivity index (χ3n) is 3.96. The van der Waals surface area contributed by atoms with Gasteiger partial charge in [-0.3, -0.25) is 0 Å². The summed E-state index contributed by atoms with van der Waals surface area (Å²) >= 11 is 19.6. The van der Waals surface area contributed by atoms with Crippen molar-refractivity contribution in [2.24, 2.45) is 0 Å². The SMILES string of the molecule is CSC1(Cn2c(=S)[nH]c3cc(Cl)c(Cl)cc32)CCC1. The molecule has 2 nitrogen and oxygen atoms in total. The van der Waals surface area contributed by atoms with Crippen molar-refractivity contribution in [3.8, 4) is 0 Å². The van der Waals surface area contributed by atoms with Crippen molar-refractivity contribution in [2.75, 3.05) is 6.26 Å². The maximum Gasteiger partial charge on any atom is 0.178 e. The van der Waals surface area contributed by atoms with Crippen LogP contribution in [-0.2, 0) is 6.54 Å². The van der Waals surface area contributed by atoms with Gasteiger partial charge in [-0.15, -0.1) is 0 Å². The molecule has 1 heterocycles. The first-order valence-corrected chi connectivity index (χ1v) is 8.56. The molecule has 3 rings (SSSR count). The van der Waals surface area contributed by atoms with Crippen molar-refractivity contribution in [3.63, 3.8) is 0 Å². The maximum atomic E-state index is 6.12. The minimum absolute atomic E-state index is 0.333. The fourth-order valence-corrected chi connectivity index (χ4v) is 4.14. The number of H-pyrrole nitrogens is 1. The summed E-state index contributed by atoms with van der Waals surface area (Å²) in [7, 11) is 0. The summed E-state index contributed by atoms with van der Waals surface area (Å²) in [4.78, 5) is 3.22. The zero-order valence-corrected chi connectivity index (χ0v) is 13.6. The number of nitrogens with one attached hydrogen (secondary N) is 1. The molecular formula is C13H14Cl2N2S2. The number of nitrogens with zero attached hydrogens (tertiary/aromatic N) is 1. The Balaban J connectivity index is 2.10. The molecule has 1 fully saturated rings. The Morgan fingerprint density at radius 1 is 1.37 bits per heavy atom. The molecule has 0 amide bonds. The van der Waals surface area contributed by atoms with E-state index in [0.29, 0.717) is 14.8 Å². The van der Waals surface area contributed by atoms with Crippen LogP contribution in [0.1, 0.15) is 19.3 Å². The maximum absolute atomic E-state index is 6.12. The van der Waals surface area contributed by atoms with Crippen LogP contribution >= 0.6 is 47.2 Å². The van der Waals surface area contributed by atoms with Gasteiger partial charge in [0.05, 0.1) is 21.1 Å². The van der Waals surface area contributed by atoms with E-state index in [2.05, 4.69) is 15.8 Å². The lowest BCUT2D eigenvalue weighted by atomic mass is 9.84. The van der Waals surface area contributed by atoms with Crippen molar-refractivity contribution in [2.45, 2.75) is 30.6 Å². The number of aromatic nitrogens is 2. The van der Waals surface area contributed by atoms with Gasteiger partial charge in [-0.25, -0.2) is 0 Å². The topological polar surface area (TPSA) is 20.7 Å². The normalized spacial score (nSPS) is 17.6. The highest BCUT2D eigenvalue weighted by Crippen LogP contribution is 2.44. The molecule has 0 spiro atoms. The number of hydrogen-bond donors (Lipinski definition) is 1. The van der Waals surface area contributed by atoms with Gasteiger partial charge in [-0.1, -0.05) is 29.6 Å². The average Bonchev–Trinajstić information content (AvgIpc) is 2.61. The molecule has 0 saturated heterocycles. The summed E-state index contributed by atoms with van der Waals surface area (Å²) in [5, 5.41) is 1.13. The lowest BCUT2D eigenvalue weighted by Gasteiger charge is -2.40. The quantitative estimate of drug-likeness (QED) is 0.770. The zero-order chi connectivity index (χ0) is 13.6. The standard InChI is InChI=1S/C13H14Cl2N2S2/c1-19-13(3-2-4-13)7-17-11-6-9(15)8(14)5-10(11)16-12(17)18/h5-6H,2-4,7H2,1H3,(H,16,18). The first kappa shape index (κ1) is 13.8. The molecule has 1 aliphatic rings. The van der Waals surface area contributed by atoms with Crippen LogP contribution in [-0.4, -0.2) is 20.6 Å². The lowest BCUT2D eigenvalue weighted by Crippen LogP contribution is -2.37. The molecular weight excluding hydrogens is 319 g/mol. The molecule has 1 saturated carbocycles. The van der Waals surface area contributed by atoms with Crippen molar-refractivity contribution in [1.29, 1.82) is 0 Å². The first-order valence-electron chi connectivity index (χ1n) is 6.17. The first-order chi connectivity index (χ1) is 9.04. The van der Waals surface area contributed by atoms with Crippen LogP contribution in [0.15, 0.2) is 12.1 Å². The third kappa shape index (κ3) is 2.33. The smallest absolute Gasteiger partial charge is 0.178 e. The van der Waals surface area contributed by atoms with Gasteiger partial charge < -0.3 is 9.55 Å². The van der Waals surface area contributed by atoms with Crippen molar-refractivity contribution >= 4 is 58.2 Å². The van der Waals surface area contributed by atoms with E-state index in [1.165, 1.54) is 19.3 Å². The number of halogens is 2. The average molecular weight is 333 g/mol. The molecule has 0 bridgehead atoms. The Kier molecular flexibility index (Phi) is 3.63. The Bertz CT molecular complexity index is 680. The van der Waals surface area contributed by atoms with E-state index in [4.69, 9.17) is 35.4 Å². The van der Waals surface area contributed by atoms with Crippen molar-refractivity contribution in [3.05, 3.63) is 26.9 Å². The number of aromatic amines is 1. The molecule has 1 aromatic carbocycles. The van der Waals surface area contributed by atoms with Crippen molar-refractivity contribution < 1.29 is 0 Å². The highest BCUT2D eigenvalue weighted by Gasteiger charge is 2.37. The Morgan fingerprint density at radius 2 is 2.05 bits per heavy atom. The van der Waals surface area contributed by atoms with E-state index in [-0.39, 0.29) is 0 Å². The van der Waals surface area contributed by atoms with Crippen LogP contribution in [0.25, 0.3) is 11.0 Å². The van der Waals surface area contributed by atoms with Gasteiger partial charge in [0.15, 0.2) is 4.77 Å². The van der Waals surface area contributed by atoms with Crippen LogP contribution in [0.3, 0.4) is 0 Å². The highest BCUT2D eigenvalue weighted by atomic mass is 35.5. The molecule has 1 aliphatic carbocycles. The fraction of sp³-hybridized carbons (Fsp3) is 0.462. The number of hydrogen-bond acceptors (Lipinski definition) is 2. The van der Waals surface area contributed by atoms with Gasteiger partial charge in [-0.05, 0) is 43.4 Å². The van der Waals surface area contributed by atoms with Crippen molar-refractivity contribution in [1.82, 2.24) is 9.55 Å². The number of thioether (sulfide) groups is 1. The van der Waals surface area contributed by atoms with E-state index in [1.54, 1.807) is 0 Å². The van der Waals surface area contributed by atoms with E-state index in [0.717, 1.165) is 22.3 Å². The largest absolute Gasteiger partial charge is 0.331 e. The molecule has 1 aromatic heterocycles. The molecule has 19 heavy (non-hydrogen) atoms. The number of benzene rings is 1. The summed E-state index contributed by atoms with van der Waals surface area (Å²) < 4.78 is 3.23. The zero-order valence-electron chi connectivity index (χ0n) is 10.5. The van der Waals surface area contributed by atoms with Crippen LogP contribution in [0, 0.1) is 4.77 Å². The van der Waals surface area contributed by atoms with Gasteiger partial charge >= 0.3 is 0 Å². The Morgan fingerprint density at radius 3 is 2.63 bits per heavy atom. The second kappa shape index (κ2) is 4.99. The minimum Gasteiger partial charge on any atom is -0.331 e. The van der Waals surface area contributed by atoms with Gasteiger partial charge in [0.2, 0.25) is 0 Å². The Labute approximate surface area is 131 Å². The van der Waals surface area contributed by atoms with E-state index < -0.39 is 0 Å². The molecule has 6 heteroatoms. The minimum atomic E-state index is 0.333. The summed E-state index contributed by atoms with van der Waals surface area (Å²) in [6, 6.07) is 3.75. The van der Waals surface area contributed by atoms with E-state index in [1.807, 2.05) is 23.9 Å². The summed E-state index contributed by atoms with van der Waals surface area (Å²) in [6.07, 6.45) is 6.00. The van der Waals surface area contributed by atoms with Crippen LogP contribution in [0.4, 0.5) is 0 Å². The summed E-state index contributed by atoms with van der Waals surface area (Å²) in [5.74, 6) is 0. The molecule has 0 unspecified atom stereocenters. The third-order valence-corrected chi connectivity index (χ3v) is 6.41. The van der Waals surface area contributed by atoms with E-state index >= 15 is 0 Å². The number of fused-ring (bicyclic) bond motifs is 1.